The van der Waals surface area contributed by atoms with Crippen molar-refractivity contribution in [3.63, 3.8) is 0 Å². The number of aryl methyl sites for hydroxylation is 1. The zero-order chi connectivity index (χ0) is 14.7. The van der Waals surface area contributed by atoms with Crippen LogP contribution in [-0.4, -0.2) is 40.7 Å². The van der Waals surface area contributed by atoms with Gasteiger partial charge in [-0.25, -0.2) is 0 Å². The molecular weight excluding hydrogens is 290 g/mol. The SMILES string of the molecule is Cc1noc(C2COCCN2C(=O)/C=C/c2cccs2)n1. The highest BCUT2D eigenvalue weighted by Crippen LogP contribution is 2.23. The first-order valence-electron chi connectivity index (χ1n) is 6.64. The Hall–Kier alpha value is -1.99. The highest BCUT2D eigenvalue weighted by molar-refractivity contribution is 7.10. The molecule has 0 aromatic carbocycles. The van der Waals surface area contributed by atoms with Crippen LogP contribution in [0.15, 0.2) is 28.1 Å². The molecule has 3 rings (SSSR count). The van der Waals surface area contributed by atoms with Crippen molar-refractivity contribution >= 4 is 23.3 Å². The summed E-state index contributed by atoms with van der Waals surface area (Å²) in [5, 5.41) is 5.75. The molecule has 2 aromatic rings. The van der Waals surface area contributed by atoms with Gasteiger partial charge >= 0.3 is 0 Å². The first kappa shape index (κ1) is 14.0. The second kappa shape index (κ2) is 6.19. The Bertz CT molecular complexity index is 636. The number of thiophene rings is 1. The molecule has 2 aromatic heterocycles. The molecule has 1 saturated heterocycles. The van der Waals surface area contributed by atoms with Crippen LogP contribution in [0.4, 0.5) is 0 Å². The van der Waals surface area contributed by atoms with Gasteiger partial charge in [-0.05, 0) is 24.4 Å². The standard InChI is InChI=1S/C14H15N3O3S/c1-10-15-14(20-16-10)12-9-19-7-6-17(12)13(18)5-4-11-3-2-8-21-11/h2-5,8,12H,6-7,9H2,1H3/b5-4+. The highest BCUT2D eigenvalue weighted by Gasteiger charge is 2.31. The molecule has 1 amide bonds. The van der Waals surface area contributed by atoms with Gasteiger partial charge in [0.05, 0.1) is 13.2 Å². The zero-order valence-corrected chi connectivity index (χ0v) is 12.4. The summed E-state index contributed by atoms with van der Waals surface area (Å²) >= 11 is 1.59. The minimum atomic E-state index is -0.319. The van der Waals surface area contributed by atoms with E-state index in [1.54, 1.807) is 29.2 Å². The van der Waals surface area contributed by atoms with E-state index < -0.39 is 0 Å². The molecule has 3 heterocycles. The summed E-state index contributed by atoms with van der Waals surface area (Å²) in [6, 6.07) is 3.60. The number of morpholine rings is 1. The maximum atomic E-state index is 12.4. The molecule has 1 aliphatic heterocycles. The monoisotopic (exact) mass is 305 g/mol. The number of amides is 1. The third-order valence-corrected chi connectivity index (χ3v) is 4.01. The van der Waals surface area contributed by atoms with Gasteiger partial charge < -0.3 is 14.2 Å². The number of carbonyl (C=O) groups excluding carboxylic acids is 1. The highest BCUT2D eigenvalue weighted by atomic mass is 32.1. The second-order valence-corrected chi connectivity index (χ2v) is 5.63. The number of rotatable bonds is 3. The van der Waals surface area contributed by atoms with Crippen molar-refractivity contribution in [2.45, 2.75) is 13.0 Å². The minimum Gasteiger partial charge on any atom is -0.377 e. The molecule has 110 valence electrons. The lowest BCUT2D eigenvalue weighted by Gasteiger charge is -2.32. The van der Waals surface area contributed by atoms with E-state index >= 15 is 0 Å². The van der Waals surface area contributed by atoms with Crippen LogP contribution in [0.2, 0.25) is 0 Å². The van der Waals surface area contributed by atoms with Gasteiger partial charge in [-0.3, -0.25) is 4.79 Å². The number of aromatic nitrogens is 2. The maximum absolute atomic E-state index is 12.4. The van der Waals surface area contributed by atoms with E-state index in [0.29, 0.717) is 31.5 Å². The van der Waals surface area contributed by atoms with Crippen molar-refractivity contribution in [2.24, 2.45) is 0 Å². The molecule has 7 heteroatoms. The van der Waals surface area contributed by atoms with Gasteiger partial charge in [-0.1, -0.05) is 11.2 Å². The number of hydrogen-bond acceptors (Lipinski definition) is 6. The van der Waals surface area contributed by atoms with Crippen LogP contribution >= 0.6 is 11.3 Å². The molecule has 0 spiro atoms. The van der Waals surface area contributed by atoms with E-state index in [9.17, 15) is 4.79 Å². The van der Waals surface area contributed by atoms with Crippen LogP contribution in [0.3, 0.4) is 0 Å². The quantitative estimate of drug-likeness (QED) is 0.812. The fourth-order valence-electron chi connectivity index (χ4n) is 2.16. The number of carbonyl (C=O) groups is 1. The van der Waals surface area contributed by atoms with Crippen molar-refractivity contribution in [2.75, 3.05) is 19.8 Å². The van der Waals surface area contributed by atoms with Gasteiger partial charge in [0, 0.05) is 17.5 Å². The summed E-state index contributed by atoms with van der Waals surface area (Å²) in [7, 11) is 0. The molecule has 0 aliphatic carbocycles. The number of hydrogen-bond donors (Lipinski definition) is 0. The molecule has 1 fully saturated rings. The van der Waals surface area contributed by atoms with Gasteiger partial charge in [0.25, 0.3) is 5.89 Å². The van der Waals surface area contributed by atoms with Gasteiger partial charge in [-0.2, -0.15) is 4.98 Å². The lowest BCUT2D eigenvalue weighted by Crippen LogP contribution is -2.42. The lowest BCUT2D eigenvalue weighted by atomic mass is 10.2. The fraction of sp³-hybridized carbons (Fsp3) is 0.357. The van der Waals surface area contributed by atoms with Crippen LogP contribution < -0.4 is 0 Å². The predicted octanol–water partition coefficient (Wildman–Crippen LogP) is 2.05. The predicted molar refractivity (Wildman–Crippen MR) is 77.7 cm³/mol. The maximum Gasteiger partial charge on any atom is 0.251 e. The largest absolute Gasteiger partial charge is 0.377 e. The Morgan fingerprint density at radius 3 is 3.19 bits per heavy atom. The molecule has 0 saturated carbocycles. The van der Waals surface area contributed by atoms with Gasteiger partial charge in [0.2, 0.25) is 5.91 Å². The van der Waals surface area contributed by atoms with Crippen LogP contribution in [0.25, 0.3) is 6.08 Å². The average Bonchev–Trinajstić information content (AvgIpc) is 3.16. The van der Waals surface area contributed by atoms with E-state index in [-0.39, 0.29) is 11.9 Å². The van der Waals surface area contributed by atoms with E-state index in [0.717, 1.165) is 4.88 Å². The lowest BCUT2D eigenvalue weighted by molar-refractivity contribution is -0.135. The Balaban J connectivity index is 1.76. The molecule has 0 bridgehead atoms. The van der Waals surface area contributed by atoms with E-state index in [1.165, 1.54) is 0 Å². The van der Waals surface area contributed by atoms with Gasteiger partial charge in [0.1, 0.15) is 6.04 Å². The summed E-state index contributed by atoms with van der Waals surface area (Å²) < 4.78 is 10.6. The molecular formula is C14H15N3O3S. The first-order chi connectivity index (χ1) is 10.2. The molecule has 6 nitrogen and oxygen atoms in total. The molecule has 1 atom stereocenters. The van der Waals surface area contributed by atoms with Crippen LogP contribution in [-0.2, 0) is 9.53 Å². The fourth-order valence-corrected chi connectivity index (χ4v) is 2.77. The van der Waals surface area contributed by atoms with Crippen molar-refractivity contribution in [3.8, 4) is 0 Å². The van der Waals surface area contributed by atoms with Crippen LogP contribution in [0, 0.1) is 6.92 Å². The smallest absolute Gasteiger partial charge is 0.251 e. The van der Waals surface area contributed by atoms with E-state index in [4.69, 9.17) is 9.26 Å². The molecule has 1 aliphatic rings. The van der Waals surface area contributed by atoms with Crippen molar-refractivity contribution in [3.05, 3.63) is 40.2 Å². The third kappa shape index (κ3) is 3.20. The van der Waals surface area contributed by atoms with Crippen molar-refractivity contribution < 1.29 is 14.1 Å². The minimum absolute atomic E-state index is 0.0763. The van der Waals surface area contributed by atoms with E-state index in [1.807, 2.05) is 23.6 Å². The third-order valence-electron chi connectivity index (χ3n) is 3.17. The summed E-state index contributed by atoms with van der Waals surface area (Å²) in [5.74, 6) is 0.898. The van der Waals surface area contributed by atoms with Gasteiger partial charge in [0.15, 0.2) is 5.82 Å². The first-order valence-corrected chi connectivity index (χ1v) is 7.52. The van der Waals surface area contributed by atoms with Crippen molar-refractivity contribution in [1.29, 1.82) is 0 Å². The van der Waals surface area contributed by atoms with Gasteiger partial charge in [-0.15, -0.1) is 11.3 Å². The molecule has 1 unspecified atom stereocenters. The summed E-state index contributed by atoms with van der Waals surface area (Å²) in [4.78, 5) is 19.3. The summed E-state index contributed by atoms with van der Waals surface area (Å²) in [6.07, 6.45) is 3.39. The number of nitrogens with zero attached hydrogens (tertiary/aromatic N) is 3. The van der Waals surface area contributed by atoms with Crippen molar-refractivity contribution in [1.82, 2.24) is 15.0 Å². The Morgan fingerprint density at radius 2 is 2.48 bits per heavy atom. The van der Waals surface area contributed by atoms with Crippen LogP contribution in [0.5, 0.6) is 0 Å². The zero-order valence-electron chi connectivity index (χ0n) is 11.6. The summed E-state index contributed by atoms with van der Waals surface area (Å²) in [5.41, 5.74) is 0. The molecule has 21 heavy (non-hydrogen) atoms. The average molecular weight is 305 g/mol. The normalized spacial score (nSPS) is 19.3. The topological polar surface area (TPSA) is 68.5 Å². The molecule has 0 N–H and O–H groups in total. The Kier molecular flexibility index (Phi) is 4.12. The Morgan fingerprint density at radius 1 is 1.57 bits per heavy atom. The van der Waals surface area contributed by atoms with E-state index in [2.05, 4.69) is 10.1 Å². The second-order valence-electron chi connectivity index (χ2n) is 4.65. The Labute approximate surface area is 126 Å². The van der Waals surface area contributed by atoms with Crippen LogP contribution in [0.1, 0.15) is 22.6 Å². The number of ether oxygens (including phenoxy) is 1. The molecule has 0 radical (unpaired) electrons. The summed E-state index contributed by atoms with van der Waals surface area (Å²) in [6.45, 7) is 3.15.